The number of halogens is 2. The van der Waals surface area contributed by atoms with E-state index in [4.69, 9.17) is 16.3 Å². The van der Waals surface area contributed by atoms with Crippen LogP contribution in [0, 0.1) is 11.7 Å². The van der Waals surface area contributed by atoms with Crippen molar-refractivity contribution in [1.29, 1.82) is 0 Å². The highest BCUT2D eigenvalue weighted by atomic mass is 35.5. The average Bonchev–Trinajstić information content (AvgIpc) is 3.28. The quantitative estimate of drug-likeness (QED) is 0.398. The number of carboxylic acid groups (broad SMARTS) is 1. The summed E-state index contributed by atoms with van der Waals surface area (Å²) in [6.45, 7) is 4.11. The molecule has 2 aromatic carbocycles. The van der Waals surface area contributed by atoms with E-state index in [1.54, 1.807) is 21.6 Å². The minimum atomic E-state index is -1.38. The number of rotatable bonds is 8. The van der Waals surface area contributed by atoms with Crippen molar-refractivity contribution in [3.63, 3.8) is 0 Å². The van der Waals surface area contributed by atoms with Gasteiger partial charge in [0.1, 0.15) is 23.4 Å². The molecule has 2 heterocycles. The molecule has 1 aromatic heterocycles. The number of aromatic carboxylic acids is 1. The first-order valence-electron chi connectivity index (χ1n) is 12.1. The second-order valence-corrected chi connectivity index (χ2v) is 10.1. The summed E-state index contributed by atoms with van der Waals surface area (Å²) < 4.78 is 22.3. The third kappa shape index (κ3) is 5.03. The SMILES string of the molecule is COc1cc2c(cc1Cc1cc(N3CCC[C@@H]3O)cc(Cl)c1F)c(=O)c(C(=O)O)cn2[C@H](CO)C(C)C. The van der Waals surface area contributed by atoms with E-state index >= 15 is 4.39 Å². The number of pyridine rings is 1. The van der Waals surface area contributed by atoms with Crippen molar-refractivity contribution in [2.24, 2.45) is 5.92 Å². The fourth-order valence-corrected chi connectivity index (χ4v) is 5.21. The molecule has 1 saturated heterocycles. The molecule has 0 radical (unpaired) electrons. The van der Waals surface area contributed by atoms with Gasteiger partial charge in [-0.2, -0.15) is 0 Å². The molecule has 1 fully saturated rings. The molecule has 0 amide bonds. The van der Waals surface area contributed by atoms with Crippen molar-refractivity contribution in [3.8, 4) is 5.75 Å². The normalized spacial score (nSPS) is 16.5. The number of nitrogens with zero attached hydrogens (tertiary/aromatic N) is 2. The minimum Gasteiger partial charge on any atom is -0.496 e. The summed E-state index contributed by atoms with van der Waals surface area (Å²) in [5.74, 6) is -1.71. The Morgan fingerprint density at radius 3 is 2.54 bits per heavy atom. The Bertz CT molecular complexity index is 1410. The molecule has 10 heteroatoms. The maximum Gasteiger partial charge on any atom is 0.341 e. The molecule has 2 atom stereocenters. The molecule has 37 heavy (non-hydrogen) atoms. The summed E-state index contributed by atoms with van der Waals surface area (Å²) in [6, 6.07) is 5.73. The lowest BCUT2D eigenvalue weighted by Crippen LogP contribution is -2.28. The molecule has 0 bridgehead atoms. The van der Waals surface area contributed by atoms with Gasteiger partial charge in [-0.05, 0) is 48.1 Å². The highest BCUT2D eigenvalue weighted by Gasteiger charge is 2.26. The van der Waals surface area contributed by atoms with E-state index in [-0.39, 0.29) is 34.9 Å². The van der Waals surface area contributed by atoms with Crippen LogP contribution in [0.25, 0.3) is 10.9 Å². The maximum absolute atomic E-state index is 15.1. The fourth-order valence-electron chi connectivity index (χ4n) is 4.98. The summed E-state index contributed by atoms with van der Waals surface area (Å²) >= 11 is 6.21. The number of carboxylic acids is 1. The molecule has 1 aliphatic rings. The Balaban J connectivity index is 1.91. The first-order chi connectivity index (χ1) is 17.6. The Morgan fingerprint density at radius 2 is 1.97 bits per heavy atom. The zero-order valence-electron chi connectivity index (χ0n) is 20.9. The molecule has 198 valence electrons. The number of methoxy groups -OCH3 is 1. The van der Waals surface area contributed by atoms with Crippen LogP contribution in [0.15, 0.2) is 35.3 Å². The number of hydrogen-bond acceptors (Lipinski definition) is 6. The number of fused-ring (bicyclic) bond motifs is 1. The molecule has 4 rings (SSSR count). The van der Waals surface area contributed by atoms with Crippen LogP contribution >= 0.6 is 11.6 Å². The van der Waals surface area contributed by atoms with Gasteiger partial charge >= 0.3 is 5.97 Å². The van der Waals surface area contributed by atoms with E-state index in [1.165, 1.54) is 25.4 Å². The molecule has 1 aliphatic heterocycles. The zero-order valence-corrected chi connectivity index (χ0v) is 21.6. The van der Waals surface area contributed by atoms with Crippen molar-refractivity contribution < 1.29 is 29.2 Å². The highest BCUT2D eigenvalue weighted by molar-refractivity contribution is 6.31. The maximum atomic E-state index is 15.1. The lowest BCUT2D eigenvalue weighted by Gasteiger charge is -2.25. The van der Waals surface area contributed by atoms with Gasteiger partial charge in [0.15, 0.2) is 0 Å². The predicted octanol–water partition coefficient (Wildman–Crippen LogP) is 4.20. The summed E-state index contributed by atoms with van der Waals surface area (Å²) in [5.41, 5.74) is 0.572. The molecule has 0 saturated carbocycles. The molecule has 0 unspecified atom stereocenters. The van der Waals surface area contributed by atoms with Crippen molar-refractivity contribution in [2.45, 2.75) is 45.4 Å². The number of anilines is 1. The van der Waals surface area contributed by atoms with Gasteiger partial charge in [-0.25, -0.2) is 9.18 Å². The van der Waals surface area contributed by atoms with Crippen molar-refractivity contribution in [3.05, 3.63) is 68.2 Å². The van der Waals surface area contributed by atoms with Crippen LogP contribution in [0.3, 0.4) is 0 Å². The van der Waals surface area contributed by atoms with Crippen molar-refractivity contribution >= 4 is 34.2 Å². The Hall–Kier alpha value is -3.14. The second kappa shape index (κ2) is 10.7. The van der Waals surface area contributed by atoms with Gasteiger partial charge in [-0.15, -0.1) is 0 Å². The number of aliphatic hydroxyl groups excluding tert-OH is 2. The van der Waals surface area contributed by atoms with Gasteiger partial charge in [0.25, 0.3) is 0 Å². The number of ether oxygens (including phenoxy) is 1. The Labute approximate surface area is 218 Å². The number of hydrogen-bond donors (Lipinski definition) is 3. The molecule has 3 aromatic rings. The number of aromatic nitrogens is 1. The van der Waals surface area contributed by atoms with E-state index in [1.807, 2.05) is 13.8 Å². The number of carbonyl (C=O) groups is 1. The molecule has 3 N–H and O–H groups in total. The summed E-state index contributed by atoms with van der Waals surface area (Å²) in [4.78, 5) is 26.8. The topological polar surface area (TPSA) is 112 Å². The van der Waals surface area contributed by atoms with E-state index in [0.29, 0.717) is 35.5 Å². The van der Waals surface area contributed by atoms with Crippen LogP contribution in [-0.2, 0) is 6.42 Å². The minimum absolute atomic E-state index is 0.00674. The van der Waals surface area contributed by atoms with E-state index in [9.17, 15) is 24.9 Å². The number of aliphatic hydroxyl groups is 2. The molecule has 0 aliphatic carbocycles. The lowest BCUT2D eigenvalue weighted by atomic mass is 9.98. The van der Waals surface area contributed by atoms with Crippen LogP contribution in [0.2, 0.25) is 5.02 Å². The monoisotopic (exact) mass is 532 g/mol. The van der Waals surface area contributed by atoms with E-state index in [0.717, 1.165) is 6.42 Å². The third-order valence-electron chi connectivity index (χ3n) is 7.00. The van der Waals surface area contributed by atoms with Crippen LogP contribution in [0.5, 0.6) is 5.75 Å². The second-order valence-electron chi connectivity index (χ2n) is 9.65. The van der Waals surface area contributed by atoms with Crippen LogP contribution < -0.4 is 15.1 Å². The van der Waals surface area contributed by atoms with E-state index < -0.39 is 35.0 Å². The van der Waals surface area contributed by atoms with Crippen LogP contribution in [-0.4, -0.2) is 52.3 Å². The van der Waals surface area contributed by atoms with Gasteiger partial charge in [-0.1, -0.05) is 25.4 Å². The van der Waals surface area contributed by atoms with Gasteiger partial charge in [-0.3, -0.25) is 4.79 Å². The van der Waals surface area contributed by atoms with Crippen LogP contribution in [0.4, 0.5) is 10.1 Å². The first-order valence-corrected chi connectivity index (χ1v) is 12.5. The third-order valence-corrected chi connectivity index (χ3v) is 7.28. The van der Waals surface area contributed by atoms with Gasteiger partial charge in [0.05, 0.1) is 30.3 Å². The lowest BCUT2D eigenvalue weighted by molar-refractivity contribution is 0.0694. The van der Waals surface area contributed by atoms with Gasteiger partial charge in [0.2, 0.25) is 5.43 Å². The first kappa shape index (κ1) is 26.9. The van der Waals surface area contributed by atoms with Crippen molar-refractivity contribution in [2.75, 3.05) is 25.2 Å². The van der Waals surface area contributed by atoms with Crippen LogP contribution in [0.1, 0.15) is 54.2 Å². The van der Waals surface area contributed by atoms with Gasteiger partial charge < -0.3 is 29.5 Å². The van der Waals surface area contributed by atoms with Gasteiger partial charge in [0, 0.05) is 36.3 Å². The molecule has 8 nitrogen and oxygen atoms in total. The molecule has 0 spiro atoms. The zero-order chi connectivity index (χ0) is 27.0. The van der Waals surface area contributed by atoms with Crippen molar-refractivity contribution in [1.82, 2.24) is 4.57 Å². The summed E-state index contributed by atoms with van der Waals surface area (Å²) in [5, 5.41) is 30.0. The number of benzene rings is 2. The molecular weight excluding hydrogens is 503 g/mol. The molecular formula is C27H30ClFN2O6. The predicted molar refractivity (Wildman–Crippen MR) is 139 cm³/mol. The summed E-state index contributed by atoms with van der Waals surface area (Å²) in [7, 11) is 1.45. The Morgan fingerprint density at radius 1 is 1.24 bits per heavy atom. The largest absolute Gasteiger partial charge is 0.496 e. The standard InChI is InChI=1S/C27H30ClFN2O6/c1-14(2)22(13-32)31-12-19(27(35)36)26(34)18-9-15(23(37-3)11-21(18)31)7-16-8-17(10-20(28)25(16)29)30-6-4-5-24(30)33/h8-12,14,22,24,32-33H,4-7,13H2,1-3H3,(H,35,36)/t22-,24+/m1/s1. The Kier molecular flexibility index (Phi) is 7.77. The van der Waals surface area contributed by atoms with E-state index in [2.05, 4.69) is 0 Å². The fraction of sp³-hybridized carbons (Fsp3) is 0.407. The average molecular weight is 533 g/mol. The highest BCUT2D eigenvalue weighted by Crippen LogP contribution is 2.34. The summed E-state index contributed by atoms with van der Waals surface area (Å²) in [6.07, 6.45) is 1.97. The smallest absolute Gasteiger partial charge is 0.341 e.